The van der Waals surface area contributed by atoms with Crippen molar-refractivity contribution in [3.63, 3.8) is 0 Å². The molecule has 216 valence electrons. The zero-order chi connectivity index (χ0) is 28.9. The van der Waals surface area contributed by atoms with Crippen molar-refractivity contribution < 1.29 is 14.7 Å². The highest BCUT2D eigenvalue weighted by molar-refractivity contribution is 6.04. The summed E-state index contributed by atoms with van der Waals surface area (Å²) in [5.74, 6) is 1.60. The second-order valence-corrected chi connectivity index (χ2v) is 16.0. The van der Waals surface area contributed by atoms with E-state index in [4.69, 9.17) is 0 Å². The third kappa shape index (κ3) is 3.48. The molecule has 0 unspecified atom stereocenters. The van der Waals surface area contributed by atoms with Crippen molar-refractivity contribution in [2.75, 3.05) is 0 Å². The Balaban J connectivity index is 1.42. The molecule has 1 aromatic carbocycles. The van der Waals surface area contributed by atoms with Crippen LogP contribution >= 0.6 is 0 Å². The van der Waals surface area contributed by atoms with E-state index in [2.05, 4.69) is 78.5 Å². The Labute approximate surface area is 241 Å². The first kappa shape index (κ1) is 28.0. The lowest BCUT2D eigenvalue weighted by atomic mass is 9.32. The Kier molecular flexibility index (Phi) is 6.24. The van der Waals surface area contributed by atoms with E-state index in [-0.39, 0.29) is 27.6 Å². The molecule has 3 heteroatoms. The van der Waals surface area contributed by atoms with Gasteiger partial charge in [-0.3, -0.25) is 9.59 Å². The van der Waals surface area contributed by atoms with Gasteiger partial charge < -0.3 is 5.11 Å². The maximum Gasteiger partial charge on any atom is 0.309 e. The number of ketones is 1. The van der Waals surface area contributed by atoms with Gasteiger partial charge in [-0.2, -0.15) is 0 Å². The number of hydrogen-bond acceptors (Lipinski definition) is 2. The fraction of sp³-hybridized carbons (Fsp3) is 0.676. The van der Waals surface area contributed by atoms with Gasteiger partial charge in [0.25, 0.3) is 0 Å². The van der Waals surface area contributed by atoms with E-state index in [1.807, 2.05) is 6.07 Å². The molecule has 0 amide bonds. The topological polar surface area (TPSA) is 54.4 Å². The van der Waals surface area contributed by atoms with E-state index in [1.54, 1.807) is 0 Å². The molecule has 1 aromatic rings. The third-order valence-corrected chi connectivity index (χ3v) is 14.2. The number of carbonyl (C=O) groups is 2. The van der Waals surface area contributed by atoms with E-state index in [1.165, 1.54) is 5.57 Å². The van der Waals surface area contributed by atoms with Gasteiger partial charge in [-0.15, -0.1) is 0 Å². The average molecular weight is 543 g/mol. The predicted molar refractivity (Wildman–Crippen MR) is 161 cm³/mol. The van der Waals surface area contributed by atoms with Crippen molar-refractivity contribution in [3.05, 3.63) is 53.6 Å². The molecule has 0 saturated heterocycles. The molecule has 0 aliphatic heterocycles. The molecule has 40 heavy (non-hydrogen) atoms. The summed E-state index contributed by atoms with van der Waals surface area (Å²) in [6.45, 7) is 18.6. The highest BCUT2D eigenvalue weighted by Gasteiger charge is 2.72. The SMILES string of the molecule is C=C(C)[C@H]1CC[C@@]2(C(=O)O)CC[C@]3(C)[C@@H](CC[C@H]4[C@@]5(C)CC(=Cc6ccccc6)C(=O)C(C)(C)[C@H]5CC[C@]43C)[C@H]12. The van der Waals surface area contributed by atoms with Crippen LogP contribution in [0.4, 0.5) is 0 Å². The number of Topliss-reactive ketones (excluding diaryl/α,β-unsaturated/α-hetero) is 1. The van der Waals surface area contributed by atoms with Crippen LogP contribution in [0.3, 0.4) is 0 Å². The molecular weight excluding hydrogens is 492 g/mol. The number of fused-ring (bicyclic) bond motifs is 7. The standard InChI is InChI=1S/C37H50O3/c1-23(2)26-15-18-37(32(39)40)20-19-35(6)27(30(26)37)13-14-29-34(5)22-25(21-24-11-9-8-10-12-24)31(38)33(3,4)28(34)16-17-36(29,35)7/h8-12,21,26-30H,1,13-20,22H2,2-7H3,(H,39,40)/t26-,27+,28-,29+,30+,34+,35-,36-,37-/m1/s1. The average Bonchev–Trinajstić information content (AvgIpc) is 3.30. The van der Waals surface area contributed by atoms with Crippen LogP contribution in [0.2, 0.25) is 0 Å². The molecule has 9 atom stereocenters. The number of carboxylic acids is 1. The van der Waals surface area contributed by atoms with E-state index in [0.29, 0.717) is 29.5 Å². The van der Waals surface area contributed by atoms with Gasteiger partial charge in [0.2, 0.25) is 0 Å². The molecule has 5 saturated carbocycles. The van der Waals surface area contributed by atoms with Crippen molar-refractivity contribution in [1.82, 2.24) is 0 Å². The Morgan fingerprint density at radius 2 is 1.60 bits per heavy atom. The molecule has 0 heterocycles. The van der Waals surface area contributed by atoms with Crippen molar-refractivity contribution in [2.24, 2.45) is 56.7 Å². The van der Waals surface area contributed by atoms with E-state index in [0.717, 1.165) is 68.9 Å². The summed E-state index contributed by atoms with van der Waals surface area (Å²) in [5, 5.41) is 10.6. The number of carboxylic acid groups (broad SMARTS) is 1. The third-order valence-electron chi connectivity index (χ3n) is 14.2. The van der Waals surface area contributed by atoms with Crippen LogP contribution in [-0.2, 0) is 9.59 Å². The summed E-state index contributed by atoms with van der Waals surface area (Å²) in [5.41, 5.74) is 2.60. The monoisotopic (exact) mass is 542 g/mol. The number of hydrogen-bond donors (Lipinski definition) is 1. The van der Waals surface area contributed by atoms with Crippen LogP contribution in [0.25, 0.3) is 6.08 Å². The van der Waals surface area contributed by atoms with Crippen molar-refractivity contribution in [2.45, 2.75) is 99.3 Å². The zero-order valence-corrected chi connectivity index (χ0v) is 25.7. The first-order chi connectivity index (χ1) is 18.7. The molecule has 0 radical (unpaired) electrons. The Morgan fingerprint density at radius 3 is 2.25 bits per heavy atom. The Bertz CT molecular complexity index is 1270. The lowest BCUT2D eigenvalue weighted by Crippen LogP contribution is -2.67. The van der Waals surface area contributed by atoms with Gasteiger partial charge in [-0.05, 0) is 128 Å². The molecule has 5 fully saturated rings. The molecule has 0 spiro atoms. The molecule has 5 aliphatic rings. The van der Waals surface area contributed by atoms with Gasteiger partial charge in [0.15, 0.2) is 5.78 Å². The van der Waals surface area contributed by atoms with Crippen LogP contribution in [0.15, 0.2) is 48.1 Å². The largest absolute Gasteiger partial charge is 0.481 e. The highest BCUT2D eigenvalue weighted by Crippen LogP contribution is 2.77. The molecule has 0 bridgehead atoms. The number of aliphatic carboxylic acids is 1. The molecule has 5 aliphatic carbocycles. The first-order valence-corrected chi connectivity index (χ1v) is 15.9. The van der Waals surface area contributed by atoms with E-state index >= 15 is 0 Å². The fourth-order valence-corrected chi connectivity index (χ4v) is 12.2. The number of carbonyl (C=O) groups excluding carboxylic acids is 1. The summed E-state index contributed by atoms with van der Waals surface area (Å²) >= 11 is 0. The van der Waals surface area contributed by atoms with Crippen molar-refractivity contribution >= 4 is 17.8 Å². The second-order valence-electron chi connectivity index (χ2n) is 16.0. The van der Waals surface area contributed by atoms with Crippen LogP contribution in [-0.4, -0.2) is 16.9 Å². The maximum absolute atomic E-state index is 14.0. The van der Waals surface area contributed by atoms with Gasteiger partial charge in [-0.25, -0.2) is 0 Å². The van der Waals surface area contributed by atoms with Crippen LogP contribution in [0.5, 0.6) is 0 Å². The van der Waals surface area contributed by atoms with Crippen molar-refractivity contribution in [3.8, 4) is 0 Å². The van der Waals surface area contributed by atoms with Gasteiger partial charge in [0.05, 0.1) is 5.41 Å². The minimum Gasteiger partial charge on any atom is -0.481 e. The smallest absolute Gasteiger partial charge is 0.309 e. The second kappa shape index (κ2) is 8.92. The quantitative estimate of drug-likeness (QED) is 0.306. The zero-order valence-electron chi connectivity index (χ0n) is 25.7. The van der Waals surface area contributed by atoms with Crippen LogP contribution < -0.4 is 0 Å². The number of rotatable bonds is 3. The van der Waals surface area contributed by atoms with Gasteiger partial charge in [-0.1, -0.05) is 77.1 Å². The summed E-state index contributed by atoms with van der Waals surface area (Å²) in [6.07, 6.45) is 11.1. The molecule has 1 N–H and O–H groups in total. The normalized spacial score (nSPS) is 46.6. The van der Waals surface area contributed by atoms with Gasteiger partial charge >= 0.3 is 5.97 Å². The van der Waals surface area contributed by atoms with Crippen LogP contribution in [0.1, 0.15) is 105 Å². The molecule has 6 rings (SSSR count). The van der Waals surface area contributed by atoms with E-state index in [9.17, 15) is 14.7 Å². The summed E-state index contributed by atoms with van der Waals surface area (Å²) in [4.78, 5) is 26.9. The Morgan fingerprint density at radius 1 is 0.900 bits per heavy atom. The minimum atomic E-state index is -0.580. The van der Waals surface area contributed by atoms with Gasteiger partial charge in [0.1, 0.15) is 0 Å². The summed E-state index contributed by atoms with van der Waals surface area (Å²) < 4.78 is 0. The lowest BCUT2D eigenvalue weighted by molar-refractivity contribution is -0.231. The summed E-state index contributed by atoms with van der Waals surface area (Å²) in [6, 6.07) is 10.3. The lowest BCUT2D eigenvalue weighted by Gasteiger charge is -2.72. The highest BCUT2D eigenvalue weighted by atomic mass is 16.4. The Hall–Kier alpha value is -2.16. The predicted octanol–water partition coefficient (Wildman–Crippen LogP) is 8.99. The minimum absolute atomic E-state index is 0.0454. The number of benzene rings is 1. The molecule has 0 aromatic heterocycles. The van der Waals surface area contributed by atoms with Gasteiger partial charge in [0, 0.05) is 5.41 Å². The van der Waals surface area contributed by atoms with Crippen LogP contribution in [0, 0.1) is 56.7 Å². The molecular formula is C37H50O3. The fourth-order valence-electron chi connectivity index (χ4n) is 12.2. The van der Waals surface area contributed by atoms with E-state index < -0.39 is 11.4 Å². The first-order valence-electron chi connectivity index (χ1n) is 15.9. The van der Waals surface area contributed by atoms with Crippen molar-refractivity contribution in [1.29, 1.82) is 0 Å². The summed E-state index contributed by atoms with van der Waals surface area (Å²) in [7, 11) is 0. The number of allylic oxidation sites excluding steroid dienone is 2. The molecule has 3 nitrogen and oxygen atoms in total. The maximum atomic E-state index is 14.0.